The van der Waals surface area contributed by atoms with Gasteiger partial charge in [-0.3, -0.25) is 0 Å². The van der Waals surface area contributed by atoms with Gasteiger partial charge in [-0.2, -0.15) is 20.1 Å². The SMILES string of the molecule is CCNc1nc(NCC)nc(N/N=C/c2ccccc2Br)n1. The molecule has 0 unspecified atom stereocenters. The van der Waals surface area contributed by atoms with Crippen molar-refractivity contribution < 1.29 is 0 Å². The highest BCUT2D eigenvalue weighted by molar-refractivity contribution is 9.10. The van der Waals surface area contributed by atoms with Crippen LogP contribution in [-0.2, 0) is 0 Å². The second-order valence-electron chi connectivity index (χ2n) is 4.26. The maximum Gasteiger partial charge on any atom is 0.250 e. The van der Waals surface area contributed by atoms with Gasteiger partial charge in [0.2, 0.25) is 17.8 Å². The zero-order valence-electron chi connectivity index (χ0n) is 12.5. The molecular weight excluding hydrogens is 346 g/mol. The summed E-state index contributed by atoms with van der Waals surface area (Å²) >= 11 is 3.47. The molecule has 22 heavy (non-hydrogen) atoms. The van der Waals surface area contributed by atoms with E-state index in [9.17, 15) is 0 Å². The molecule has 2 rings (SSSR count). The molecular formula is C14H18BrN7. The number of nitrogens with zero attached hydrogens (tertiary/aromatic N) is 4. The molecule has 1 aromatic heterocycles. The summed E-state index contributed by atoms with van der Waals surface area (Å²) in [5.74, 6) is 1.39. The average Bonchev–Trinajstić information content (AvgIpc) is 2.50. The summed E-state index contributed by atoms with van der Waals surface area (Å²) < 4.78 is 0.970. The van der Waals surface area contributed by atoms with Crippen LogP contribution in [-0.4, -0.2) is 34.3 Å². The largest absolute Gasteiger partial charge is 0.354 e. The van der Waals surface area contributed by atoms with E-state index >= 15 is 0 Å². The van der Waals surface area contributed by atoms with Gasteiger partial charge in [0.1, 0.15) is 0 Å². The summed E-state index contributed by atoms with van der Waals surface area (Å²) in [5.41, 5.74) is 3.79. The van der Waals surface area contributed by atoms with Crippen LogP contribution in [0.4, 0.5) is 17.8 Å². The number of benzene rings is 1. The second kappa shape index (κ2) is 8.28. The van der Waals surface area contributed by atoms with E-state index in [1.807, 2.05) is 38.1 Å². The molecule has 7 nitrogen and oxygen atoms in total. The lowest BCUT2D eigenvalue weighted by molar-refractivity contribution is 0.992. The fraction of sp³-hybridized carbons (Fsp3) is 0.286. The van der Waals surface area contributed by atoms with Crippen molar-refractivity contribution in [2.24, 2.45) is 5.10 Å². The van der Waals surface area contributed by atoms with Crippen molar-refractivity contribution in [3.8, 4) is 0 Å². The van der Waals surface area contributed by atoms with Crippen LogP contribution >= 0.6 is 15.9 Å². The van der Waals surface area contributed by atoms with Crippen molar-refractivity contribution >= 4 is 40.0 Å². The van der Waals surface area contributed by atoms with Gasteiger partial charge in [0, 0.05) is 23.1 Å². The van der Waals surface area contributed by atoms with Crippen LogP contribution in [0.25, 0.3) is 0 Å². The molecule has 0 saturated carbocycles. The Hall–Kier alpha value is -2.22. The lowest BCUT2D eigenvalue weighted by Gasteiger charge is -2.07. The summed E-state index contributed by atoms with van der Waals surface area (Å²) in [7, 11) is 0. The quantitative estimate of drug-likeness (QED) is 0.517. The molecule has 0 aliphatic carbocycles. The third-order valence-corrected chi connectivity index (χ3v) is 3.30. The lowest BCUT2D eigenvalue weighted by atomic mass is 10.2. The van der Waals surface area contributed by atoms with Crippen LogP contribution in [0.2, 0.25) is 0 Å². The maximum atomic E-state index is 4.25. The zero-order chi connectivity index (χ0) is 15.8. The molecule has 0 spiro atoms. The highest BCUT2D eigenvalue weighted by Crippen LogP contribution is 2.14. The minimum absolute atomic E-state index is 0.380. The fourth-order valence-electron chi connectivity index (χ4n) is 1.64. The predicted molar refractivity (Wildman–Crippen MR) is 93.5 cm³/mol. The van der Waals surface area contributed by atoms with Gasteiger partial charge in [-0.15, -0.1) is 0 Å². The van der Waals surface area contributed by atoms with Crippen LogP contribution in [0, 0.1) is 0 Å². The Morgan fingerprint density at radius 3 is 2.18 bits per heavy atom. The second-order valence-corrected chi connectivity index (χ2v) is 5.11. The van der Waals surface area contributed by atoms with E-state index < -0.39 is 0 Å². The number of halogens is 1. The van der Waals surface area contributed by atoms with Crippen LogP contribution in [0.1, 0.15) is 19.4 Å². The third-order valence-electron chi connectivity index (χ3n) is 2.58. The van der Waals surface area contributed by atoms with E-state index in [-0.39, 0.29) is 0 Å². The van der Waals surface area contributed by atoms with Gasteiger partial charge in [0.15, 0.2) is 0 Å². The van der Waals surface area contributed by atoms with E-state index in [4.69, 9.17) is 0 Å². The summed E-state index contributed by atoms with van der Waals surface area (Å²) in [6, 6.07) is 7.81. The van der Waals surface area contributed by atoms with E-state index in [0.29, 0.717) is 17.8 Å². The van der Waals surface area contributed by atoms with Crippen LogP contribution in [0.5, 0.6) is 0 Å². The smallest absolute Gasteiger partial charge is 0.250 e. The molecule has 0 atom stereocenters. The first kappa shape index (κ1) is 16.2. The molecule has 2 aromatic rings. The first-order chi connectivity index (χ1) is 10.7. The molecule has 116 valence electrons. The van der Waals surface area contributed by atoms with Crippen molar-refractivity contribution in [3.05, 3.63) is 34.3 Å². The topological polar surface area (TPSA) is 87.1 Å². The molecule has 1 aromatic carbocycles. The minimum Gasteiger partial charge on any atom is -0.354 e. The summed E-state index contributed by atoms with van der Waals surface area (Å²) in [6.45, 7) is 5.42. The molecule has 0 bridgehead atoms. The van der Waals surface area contributed by atoms with E-state index in [1.54, 1.807) is 6.21 Å². The average molecular weight is 364 g/mol. The predicted octanol–water partition coefficient (Wildman–Crippen LogP) is 2.94. The monoisotopic (exact) mass is 363 g/mol. The number of hydrazone groups is 1. The number of rotatable bonds is 7. The van der Waals surface area contributed by atoms with E-state index in [0.717, 1.165) is 23.1 Å². The summed E-state index contributed by atoms with van der Waals surface area (Å²) in [4.78, 5) is 12.7. The van der Waals surface area contributed by atoms with Crippen molar-refractivity contribution in [2.45, 2.75) is 13.8 Å². The van der Waals surface area contributed by atoms with Gasteiger partial charge in [-0.25, -0.2) is 5.43 Å². The Balaban J connectivity index is 2.12. The Labute approximate surface area is 137 Å². The van der Waals surface area contributed by atoms with Crippen molar-refractivity contribution in [2.75, 3.05) is 29.1 Å². The van der Waals surface area contributed by atoms with Gasteiger partial charge in [0.05, 0.1) is 6.21 Å². The molecule has 0 amide bonds. The third kappa shape index (κ3) is 4.66. The molecule has 8 heteroatoms. The normalized spacial score (nSPS) is 10.7. The summed E-state index contributed by atoms with van der Waals surface area (Å²) in [6.07, 6.45) is 1.70. The van der Waals surface area contributed by atoms with Crippen LogP contribution < -0.4 is 16.1 Å². The molecule has 0 saturated heterocycles. The van der Waals surface area contributed by atoms with Crippen LogP contribution in [0.3, 0.4) is 0 Å². The number of anilines is 3. The number of nitrogens with one attached hydrogen (secondary N) is 3. The molecule has 1 heterocycles. The van der Waals surface area contributed by atoms with Gasteiger partial charge >= 0.3 is 0 Å². The minimum atomic E-state index is 0.380. The van der Waals surface area contributed by atoms with Gasteiger partial charge in [-0.1, -0.05) is 34.1 Å². The Morgan fingerprint density at radius 1 is 1.00 bits per heavy atom. The number of hydrogen-bond donors (Lipinski definition) is 3. The first-order valence-corrected chi connectivity index (χ1v) is 7.79. The standard InChI is InChI=1S/C14H18BrN7/c1-3-16-12-19-13(17-4-2)21-14(20-12)22-18-9-10-7-5-6-8-11(10)15/h5-9H,3-4H2,1-2H3,(H3,16,17,19,20,21,22)/b18-9+. The van der Waals surface area contributed by atoms with Crippen molar-refractivity contribution in [1.82, 2.24) is 15.0 Å². The highest BCUT2D eigenvalue weighted by Gasteiger charge is 2.04. The summed E-state index contributed by atoms with van der Waals surface area (Å²) in [5, 5.41) is 10.3. The lowest BCUT2D eigenvalue weighted by Crippen LogP contribution is -2.10. The number of aromatic nitrogens is 3. The van der Waals surface area contributed by atoms with E-state index in [1.165, 1.54) is 0 Å². The van der Waals surface area contributed by atoms with Crippen LogP contribution in [0.15, 0.2) is 33.8 Å². The fourth-order valence-corrected chi connectivity index (χ4v) is 2.03. The number of hydrogen-bond acceptors (Lipinski definition) is 7. The molecule has 3 N–H and O–H groups in total. The van der Waals surface area contributed by atoms with Gasteiger partial charge < -0.3 is 10.6 Å². The molecule has 0 fully saturated rings. The van der Waals surface area contributed by atoms with Crippen molar-refractivity contribution in [1.29, 1.82) is 0 Å². The highest BCUT2D eigenvalue weighted by atomic mass is 79.9. The van der Waals surface area contributed by atoms with Gasteiger partial charge in [0.25, 0.3) is 0 Å². The Bertz CT molecular complexity index is 621. The molecule has 0 radical (unpaired) electrons. The first-order valence-electron chi connectivity index (χ1n) is 7.00. The molecule has 0 aliphatic heterocycles. The van der Waals surface area contributed by atoms with E-state index in [2.05, 4.69) is 52.0 Å². The van der Waals surface area contributed by atoms with Crippen molar-refractivity contribution in [3.63, 3.8) is 0 Å². The maximum absolute atomic E-state index is 4.25. The Morgan fingerprint density at radius 2 is 1.59 bits per heavy atom. The van der Waals surface area contributed by atoms with Gasteiger partial charge in [-0.05, 0) is 19.9 Å². The zero-order valence-corrected chi connectivity index (χ0v) is 14.1. The Kier molecular flexibility index (Phi) is 6.08. The molecule has 0 aliphatic rings.